The highest BCUT2D eigenvalue weighted by Crippen LogP contribution is 2.28. The molecule has 0 fully saturated rings. The third-order valence-corrected chi connectivity index (χ3v) is 5.56. The van der Waals surface area contributed by atoms with Crippen LogP contribution in [0.1, 0.15) is 17.5 Å². The molecule has 0 radical (unpaired) electrons. The molecule has 0 bridgehead atoms. The third-order valence-electron chi connectivity index (χ3n) is 5.56. The molecule has 5 rings (SSSR count). The van der Waals surface area contributed by atoms with Gasteiger partial charge in [-0.1, -0.05) is 54.6 Å². The highest BCUT2D eigenvalue weighted by molar-refractivity contribution is 5.79. The number of hydrogen-bond donors (Lipinski definition) is 1. The largest absolute Gasteiger partial charge is 0.346 e. The van der Waals surface area contributed by atoms with E-state index in [9.17, 15) is 0 Å². The molecule has 0 amide bonds. The Balaban J connectivity index is 1.32. The molecule has 0 aliphatic carbocycles. The molecule has 2 aromatic heterocycles. The summed E-state index contributed by atoms with van der Waals surface area (Å²) in [5.74, 6) is 0. The van der Waals surface area contributed by atoms with Crippen LogP contribution in [-0.4, -0.2) is 28.0 Å². The van der Waals surface area contributed by atoms with Gasteiger partial charge in [-0.2, -0.15) is 0 Å². The Morgan fingerprint density at radius 3 is 2.61 bits per heavy atom. The average Bonchev–Trinajstić information content (AvgIpc) is 3.18. The van der Waals surface area contributed by atoms with Gasteiger partial charge in [-0.05, 0) is 52.4 Å². The SMILES string of the molecule is C1=C(c2cccc(-c3ccccc3)c2)CCN(Cc2c[nH]c3ncccc23)C1. The molecule has 138 valence electrons. The quantitative estimate of drug-likeness (QED) is 0.516. The Labute approximate surface area is 165 Å². The molecule has 1 N–H and O–H groups in total. The fraction of sp³-hybridized carbons (Fsp3) is 0.160. The number of benzene rings is 2. The van der Waals surface area contributed by atoms with Crippen molar-refractivity contribution in [1.82, 2.24) is 14.9 Å². The number of hydrogen-bond acceptors (Lipinski definition) is 2. The molecule has 0 saturated heterocycles. The van der Waals surface area contributed by atoms with Crippen LogP contribution in [0.2, 0.25) is 0 Å². The van der Waals surface area contributed by atoms with Crippen molar-refractivity contribution >= 4 is 16.6 Å². The van der Waals surface area contributed by atoms with Gasteiger partial charge in [-0.15, -0.1) is 0 Å². The molecule has 28 heavy (non-hydrogen) atoms. The molecule has 1 aliphatic rings. The van der Waals surface area contributed by atoms with E-state index < -0.39 is 0 Å². The third kappa shape index (κ3) is 3.37. The summed E-state index contributed by atoms with van der Waals surface area (Å²) in [6.07, 6.45) is 7.40. The summed E-state index contributed by atoms with van der Waals surface area (Å²) in [5, 5.41) is 1.23. The zero-order chi connectivity index (χ0) is 18.8. The molecular formula is C25H23N3. The number of aromatic amines is 1. The number of H-pyrrole nitrogens is 1. The van der Waals surface area contributed by atoms with E-state index in [0.29, 0.717) is 0 Å². The van der Waals surface area contributed by atoms with Crippen molar-refractivity contribution in [3.63, 3.8) is 0 Å². The average molecular weight is 365 g/mol. The predicted octanol–water partition coefficient (Wildman–Crippen LogP) is 5.52. The first-order valence-electron chi connectivity index (χ1n) is 9.85. The van der Waals surface area contributed by atoms with Crippen molar-refractivity contribution in [2.75, 3.05) is 13.1 Å². The van der Waals surface area contributed by atoms with Crippen molar-refractivity contribution in [2.24, 2.45) is 0 Å². The minimum atomic E-state index is 0.958. The topological polar surface area (TPSA) is 31.9 Å². The Morgan fingerprint density at radius 1 is 0.893 bits per heavy atom. The molecule has 1 aliphatic heterocycles. The van der Waals surface area contributed by atoms with Crippen LogP contribution < -0.4 is 0 Å². The van der Waals surface area contributed by atoms with Gasteiger partial charge in [0, 0.05) is 37.4 Å². The van der Waals surface area contributed by atoms with E-state index in [4.69, 9.17) is 0 Å². The van der Waals surface area contributed by atoms with E-state index in [0.717, 1.165) is 31.7 Å². The Kier molecular flexibility index (Phi) is 4.51. The van der Waals surface area contributed by atoms with Crippen LogP contribution in [0, 0.1) is 0 Å². The summed E-state index contributed by atoms with van der Waals surface area (Å²) < 4.78 is 0. The molecule has 3 heteroatoms. The lowest BCUT2D eigenvalue weighted by atomic mass is 9.95. The number of nitrogens with zero attached hydrogens (tertiary/aromatic N) is 2. The zero-order valence-electron chi connectivity index (χ0n) is 15.8. The molecule has 0 saturated carbocycles. The van der Waals surface area contributed by atoms with Gasteiger partial charge in [0.05, 0.1) is 0 Å². The van der Waals surface area contributed by atoms with Crippen molar-refractivity contribution in [3.8, 4) is 11.1 Å². The summed E-state index contributed by atoms with van der Waals surface area (Å²) in [4.78, 5) is 10.2. The predicted molar refractivity (Wildman–Crippen MR) is 116 cm³/mol. The van der Waals surface area contributed by atoms with Crippen molar-refractivity contribution in [2.45, 2.75) is 13.0 Å². The first-order chi connectivity index (χ1) is 13.9. The van der Waals surface area contributed by atoms with E-state index >= 15 is 0 Å². The van der Waals surface area contributed by atoms with E-state index in [1.807, 2.05) is 12.3 Å². The van der Waals surface area contributed by atoms with Crippen LogP contribution in [0.5, 0.6) is 0 Å². The van der Waals surface area contributed by atoms with Crippen molar-refractivity contribution < 1.29 is 0 Å². The van der Waals surface area contributed by atoms with Gasteiger partial charge < -0.3 is 4.98 Å². The van der Waals surface area contributed by atoms with Crippen molar-refractivity contribution in [3.05, 3.63) is 96.3 Å². The molecule has 4 aromatic rings. The minimum Gasteiger partial charge on any atom is -0.346 e. The second-order valence-corrected chi connectivity index (χ2v) is 7.37. The Bertz CT molecular complexity index is 1120. The van der Waals surface area contributed by atoms with E-state index in [-0.39, 0.29) is 0 Å². The molecule has 3 nitrogen and oxygen atoms in total. The van der Waals surface area contributed by atoms with Gasteiger partial charge >= 0.3 is 0 Å². The lowest BCUT2D eigenvalue weighted by Gasteiger charge is -2.26. The number of fused-ring (bicyclic) bond motifs is 1. The number of aromatic nitrogens is 2. The number of rotatable bonds is 4. The second kappa shape index (κ2) is 7.45. The zero-order valence-corrected chi connectivity index (χ0v) is 15.8. The minimum absolute atomic E-state index is 0.958. The summed E-state index contributed by atoms with van der Waals surface area (Å²) >= 11 is 0. The Morgan fingerprint density at radius 2 is 1.75 bits per heavy atom. The first kappa shape index (κ1) is 17.0. The highest BCUT2D eigenvalue weighted by atomic mass is 15.1. The van der Waals surface area contributed by atoms with Crippen molar-refractivity contribution in [1.29, 1.82) is 0 Å². The molecule has 2 aromatic carbocycles. The van der Waals surface area contributed by atoms with E-state index in [1.165, 1.54) is 33.2 Å². The lowest BCUT2D eigenvalue weighted by Crippen LogP contribution is -2.27. The van der Waals surface area contributed by atoms with Crippen LogP contribution in [0.25, 0.3) is 27.7 Å². The van der Waals surface area contributed by atoms with Crippen LogP contribution in [-0.2, 0) is 6.54 Å². The van der Waals surface area contributed by atoms with Gasteiger partial charge in [-0.3, -0.25) is 4.90 Å². The van der Waals surface area contributed by atoms with Crippen LogP contribution in [0.15, 0.2) is 85.2 Å². The van der Waals surface area contributed by atoms with Crippen LogP contribution >= 0.6 is 0 Å². The summed E-state index contributed by atoms with van der Waals surface area (Å²) in [5.41, 5.74) is 7.66. The van der Waals surface area contributed by atoms with Gasteiger partial charge in [0.25, 0.3) is 0 Å². The van der Waals surface area contributed by atoms with Gasteiger partial charge in [0.1, 0.15) is 5.65 Å². The molecule has 0 atom stereocenters. The fourth-order valence-corrected chi connectivity index (χ4v) is 4.03. The summed E-state index contributed by atoms with van der Waals surface area (Å²) in [6.45, 7) is 3.02. The van der Waals surface area contributed by atoms with Gasteiger partial charge in [0.2, 0.25) is 0 Å². The molecule has 0 spiro atoms. The lowest BCUT2D eigenvalue weighted by molar-refractivity contribution is 0.295. The second-order valence-electron chi connectivity index (χ2n) is 7.37. The standard InChI is InChI=1S/C25H23N3/c1-2-6-19(7-3-1)21-8-4-9-22(16-21)20-11-14-28(15-12-20)18-23-17-27-25-24(23)10-5-13-26-25/h1-11,13,16-17H,12,14-15,18H2,(H,26,27). The first-order valence-corrected chi connectivity index (χ1v) is 9.85. The highest BCUT2D eigenvalue weighted by Gasteiger charge is 2.15. The monoisotopic (exact) mass is 365 g/mol. The maximum absolute atomic E-state index is 4.39. The maximum atomic E-state index is 4.39. The van der Waals surface area contributed by atoms with Crippen LogP contribution in [0.4, 0.5) is 0 Å². The summed E-state index contributed by atoms with van der Waals surface area (Å²) in [6, 6.07) is 23.7. The Hall–Kier alpha value is -3.17. The van der Waals surface area contributed by atoms with E-state index in [1.54, 1.807) is 0 Å². The van der Waals surface area contributed by atoms with Gasteiger partial charge in [0.15, 0.2) is 0 Å². The molecule has 0 unspecified atom stereocenters. The molecule has 3 heterocycles. The number of pyridine rings is 1. The van der Waals surface area contributed by atoms with E-state index in [2.05, 4.69) is 87.8 Å². The fourth-order valence-electron chi connectivity index (χ4n) is 4.03. The normalized spacial score (nSPS) is 14.9. The molecular weight excluding hydrogens is 342 g/mol. The smallest absolute Gasteiger partial charge is 0.137 e. The van der Waals surface area contributed by atoms with Crippen LogP contribution in [0.3, 0.4) is 0 Å². The maximum Gasteiger partial charge on any atom is 0.137 e. The number of nitrogens with one attached hydrogen (secondary N) is 1. The van der Waals surface area contributed by atoms with Gasteiger partial charge in [-0.25, -0.2) is 4.98 Å². The summed E-state index contributed by atoms with van der Waals surface area (Å²) in [7, 11) is 0.